The minimum Gasteiger partial charge on any atom is -0.497 e. The molecule has 0 fully saturated rings. The molecule has 180 valence electrons. The monoisotopic (exact) mass is 473 g/mol. The lowest BCUT2D eigenvalue weighted by Gasteiger charge is -2.14. The normalized spacial score (nSPS) is 10.5. The average Bonchev–Trinajstić information content (AvgIpc) is 3.37. The fraction of sp³-hybridized carbons (Fsp3) is 0.185. The summed E-state index contributed by atoms with van der Waals surface area (Å²) in [4.78, 5) is 13.4. The number of carbonyl (C=O) groups is 1. The van der Waals surface area contributed by atoms with E-state index in [1.807, 2.05) is 54.6 Å². The maximum absolute atomic E-state index is 13.4. The van der Waals surface area contributed by atoms with E-state index >= 15 is 0 Å². The molecule has 0 aliphatic heterocycles. The Bertz CT molecular complexity index is 1290. The van der Waals surface area contributed by atoms with Gasteiger partial charge >= 0.3 is 0 Å². The van der Waals surface area contributed by atoms with Gasteiger partial charge in [-0.05, 0) is 42.0 Å². The van der Waals surface area contributed by atoms with E-state index in [4.69, 9.17) is 24.0 Å². The van der Waals surface area contributed by atoms with Crippen molar-refractivity contribution in [3.05, 3.63) is 84.1 Å². The van der Waals surface area contributed by atoms with E-state index in [9.17, 15) is 4.79 Å². The molecule has 0 aliphatic rings. The minimum absolute atomic E-state index is 0.254. The van der Waals surface area contributed by atoms with Crippen LogP contribution in [0.3, 0.4) is 0 Å². The first-order valence-corrected chi connectivity index (χ1v) is 10.9. The topological polar surface area (TPSA) is 83.8 Å². The lowest BCUT2D eigenvalue weighted by Crippen LogP contribution is -2.23. The van der Waals surface area contributed by atoms with Crippen molar-refractivity contribution in [3.63, 3.8) is 0 Å². The second-order valence-corrected chi connectivity index (χ2v) is 7.62. The number of hydrogen-bond acceptors (Lipinski definition) is 6. The molecule has 8 nitrogen and oxygen atoms in total. The summed E-state index contributed by atoms with van der Waals surface area (Å²) in [5.41, 5.74) is 3.41. The van der Waals surface area contributed by atoms with Gasteiger partial charge in [-0.15, -0.1) is 0 Å². The molecule has 4 rings (SSSR count). The van der Waals surface area contributed by atoms with Crippen LogP contribution in [0.4, 0.5) is 0 Å². The van der Waals surface area contributed by atoms with Crippen LogP contribution in [-0.2, 0) is 6.54 Å². The molecule has 1 heterocycles. The molecule has 0 unspecified atom stereocenters. The third-order valence-electron chi connectivity index (χ3n) is 5.50. The third kappa shape index (κ3) is 5.06. The third-order valence-corrected chi connectivity index (χ3v) is 5.50. The fourth-order valence-corrected chi connectivity index (χ4v) is 3.75. The van der Waals surface area contributed by atoms with Crippen LogP contribution in [0.1, 0.15) is 15.9 Å². The van der Waals surface area contributed by atoms with Crippen LogP contribution < -0.4 is 24.3 Å². The van der Waals surface area contributed by atoms with E-state index < -0.39 is 0 Å². The number of ether oxygens (including phenoxy) is 4. The van der Waals surface area contributed by atoms with Gasteiger partial charge in [0, 0.05) is 18.3 Å². The predicted molar refractivity (Wildman–Crippen MR) is 133 cm³/mol. The quantitative estimate of drug-likeness (QED) is 0.385. The predicted octanol–water partition coefficient (Wildman–Crippen LogP) is 4.50. The summed E-state index contributed by atoms with van der Waals surface area (Å²) in [6, 6.07) is 20.7. The summed E-state index contributed by atoms with van der Waals surface area (Å²) in [5, 5.41) is 7.71. The van der Waals surface area contributed by atoms with Crippen LogP contribution >= 0.6 is 0 Å². The van der Waals surface area contributed by atoms with Gasteiger partial charge in [-0.25, -0.2) is 4.68 Å². The van der Waals surface area contributed by atoms with E-state index in [0.29, 0.717) is 34.3 Å². The van der Waals surface area contributed by atoms with Crippen molar-refractivity contribution in [2.75, 3.05) is 28.4 Å². The molecule has 0 bridgehead atoms. The standard InChI is InChI=1S/C27H27N3O5/c1-32-21-12-8-9-19(15-21)25-22(17-30(29-25)20-10-6-5-7-11-20)27(31)28-16-18-13-23(33-2)26(35-4)24(14-18)34-3/h5-15,17H,16H2,1-4H3,(H,28,31). The fourth-order valence-electron chi connectivity index (χ4n) is 3.75. The Morgan fingerprint density at radius 1 is 0.857 bits per heavy atom. The van der Waals surface area contributed by atoms with E-state index in [1.165, 1.54) is 0 Å². The Morgan fingerprint density at radius 3 is 2.20 bits per heavy atom. The molecule has 0 aliphatic carbocycles. The Balaban J connectivity index is 1.67. The molecular weight excluding hydrogens is 446 g/mol. The zero-order valence-electron chi connectivity index (χ0n) is 20.1. The van der Waals surface area contributed by atoms with Crippen molar-refractivity contribution in [1.29, 1.82) is 0 Å². The van der Waals surface area contributed by atoms with Gasteiger partial charge in [0.15, 0.2) is 11.5 Å². The maximum atomic E-state index is 13.4. The number of nitrogens with one attached hydrogen (secondary N) is 1. The first-order chi connectivity index (χ1) is 17.1. The van der Waals surface area contributed by atoms with E-state index in [-0.39, 0.29) is 12.5 Å². The van der Waals surface area contributed by atoms with Crippen molar-refractivity contribution in [3.8, 4) is 39.9 Å². The number of para-hydroxylation sites is 1. The second-order valence-electron chi connectivity index (χ2n) is 7.62. The number of carbonyl (C=O) groups excluding carboxylic acids is 1. The lowest BCUT2D eigenvalue weighted by atomic mass is 10.1. The zero-order chi connectivity index (χ0) is 24.8. The second kappa shape index (κ2) is 10.6. The lowest BCUT2D eigenvalue weighted by molar-refractivity contribution is 0.0951. The molecule has 0 atom stereocenters. The maximum Gasteiger partial charge on any atom is 0.255 e. The van der Waals surface area contributed by atoms with Crippen LogP contribution in [0.5, 0.6) is 23.0 Å². The summed E-state index contributed by atoms with van der Waals surface area (Å²) < 4.78 is 23.3. The molecule has 0 spiro atoms. The van der Waals surface area contributed by atoms with Crippen molar-refractivity contribution in [2.45, 2.75) is 6.54 Å². The molecule has 35 heavy (non-hydrogen) atoms. The highest BCUT2D eigenvalue weighted by molar-refractivity contribution is 6.00. The van der Waals surface area contributed by atoms with Gasteiger partial charge in [-0.3, -0.25) is 4.79 Å². The van der Waals surface area contributed by atoms with Crippen molar-refractivity contribution < 1.29 is 23.7 Å². The summed E-state index contributed by atoms with van der Waals surface area (Å²) >= 11 is 0. The van der Waals surface area contributed by atoms with Gasteiger partial charge in [0.25, 0.3) is 5.91 Å². The van der Waals surface area contributed by atoms with Crippen LogP contribution in [-0.4, -0.2) is 44.1 Å². The van der Waals surface area contributed by atoms with Crippen LogP contribution in [0.15, 0.2) is 72.9 Å². The molecule has 8 heteroatoms. The zero-order valence-corrected chi connectivity index (χ0v) is 20.1. The summed E-state index contributed by atoms with van der Waals surface area (Å²) in [6.45, 7) is 0.254. The minimum atomic E-state index is -0.265. The molecule has 0 saturated heterocycles. The Kier molecular flexibility index (Phi) is 7.21. The van der Waals surface area contributed by atoms with Crippen molar-refractivity contribution in [2.24, 2.45) is 0 Å². The number of benzene rings is 3. The van der Waals surface area contributed by atoms with Gasteiger partial charge < -0.3 is 24.3 Å². The Morgan fingerprint density at radius 2 is 1.57 bits per heavy atom. The van der Waals surface area contributed by atoms with E-state index in [0.717, 1.165) is 16.8 Å². The number of amides is 1. The van der Waals surface area contributed by atoms with Crippen molar-refractivity contribution >= 4 is 5.91 Å². The molecule has 1 aromatic heterocycles. The molecule has 1 N–H and O–H groups in total. The molecular formula is C27H27N3O5. The molecule has 0 radical (unpaired) electrons. The van der Waals surface area contributed by atoms with Gasteiger partial charge in [-0.2, -0.15) is 5.10 Å². The molecule has 4 aromatic rings. The highest BCUT2D eigenvalue weighted by Crippen LogP contribution is 2.38. The Labute approximate surface area is 204 Å². The SMILES string of the molecule is COc1cccc(-c2nn(-c3ccccc3)cc2C(=O)NCc2cc(OC)c(OC)c(OC)c2)c1. The number of rotatable bonds is 9. The smallest absolute Gasteiger partial charge is 0.255 e. The molecule has 1 amide bonds. The summed E-state index contributed by atoms with van der Waals surface area (Å²) in [7, 11) is 6.26. The first kappa shape index (κ1) is 23.7. The number of hydrogen-bond donors (Lipinski definition) is 1. The number of aromatic nitrogens is 2. The van der Waals surface area contributed by atoms with Gasteiger partial charge in [-0.1, -0.05) is 30.3 Å². The van der Waals surface area contributed by atoms with Gasteiger partial charge in [0.1, 0.15) is 11.4 Å². The summed E-state index contributed by atoms with van der Waals surface area (Å²) in [6.07, 6.45) is 1.73. The first-order valence-electron chi connectivity index (χ1n) is 10.9. The van der Waals surface area contributed by atoms with Crippen LogP contribution in [0.2, 0.25) is 0 Å². The van der Waals surface area contributed by atoms with E-state index in [2.05, 4.69) is 5.32 Å². The van der Waals surface area contributed by atoms with Crippen LogP contribution in [0, 0.1) is 0 Å². The van der Waals surface area contributed by atoms with Gasteiger partial charge in [0.2, 0.25) is 5.75 Å². The number of nitrogens with zero attached hydrogens (tertiary/aromatic N) is 2. The largest absolute Gasteiger partial charge is 0.497 e. The Hall–Kier alpha value is -4.46. The summed E-state index contributed by atoms with van der Waals surface area (Å²) in [5.74, 6) is 1.95. The van der Waals surface area contributed by atoms with Gasteiger partial charge in [0.05, 0.1) is 39.7 Å². The van der Waals surface area contributed by atoms with Crippen LogP contribution in [0.25, 0.3) is 16.9 Å². The highest BCUT2D eigenvalue weighted by atomic mass is 16.5. The molecule has 0 saturated carbocycles. The van der Waals surface area contributed by atoms with Crippen molar-refractivity contribution in [1.82, 2.24) is 15.1 Å². The average molecular weight is 474 g/mol. The highest BCUT2D eigenvalue weighted by Gasteiger charge is 2.20. The molecule has 3 aromatic carbocycles. The van der Waals surface area contributed by atoms with E-state index in [1.54, 1.807) is 51.5 Å². The number of methoxy groups -OCH3 is 4.